The highest BCUT2D eigenvalue weighted by atomic mass is 16.6. The molecule has 4 atom stereocenters. The summed E-state index contributed by atoms with van der Waals surface area (Å²) < 4.78 is 10.1. The van der Waals surface area contributed by atoms with E-state index in [2.05, 4.69) is 26.8 Å². The monoisotopic (exact) mass is 606 g/mol. The average molecular weight is 607 g/mol. The van der Waals surface area contributed by atoms with Gasteiger partial charge in [0.1, 0.15) is 19.3 Å². The molecule has 43 heavy (non-hydrogen) atoms. The van der Waals surface area contributed by atoms with Gasteiger partial charge in [0.2, 0.25) is 0 Å². The molecule has 3 N–H and O–H groups in total. The molecule has 248 valence electrons. The van der Waals surface area contributed by atoms with Crippen LogP contribution in [0.15, 0.2) is 48.6 Å². The van der Waals surface area contributed by atoms with Crippen molar-refractivity contribution in [3.05, 3.63) is 48.6 Å². The molecule has 0 aliphatic carbocycles. The number of carbonyl (C=O) groups excluding carboxylic acids is 2. The molecule has 0 saturated heterocycles. The van der Waals surface area contributed by atoms with Crippen molar-refractivity contribution in [2.75, 3.05) is 13.2 Å². The molecule has 7 nitrogen and oxygen atoms in total. The lowest BCUT2D eigenvalue weighted by Crippen LogP contribution is -2.25. The van der Waals surface area contributed by atoms with Gasteiger partial charge in [0, 0.05) is 12.8 Å². The minimum absolute atomic E-state index is 0.124. The maximum Gasteiger partial charge on any atom is 0.305 e. The standard InChI is InChI=1S/C36H62O7/c1-4-6-7-8-12-17-23-32(37)24-18-14-15-19-25-33(38)26-21-28-36(41)43-30-34(39)29-42-35(40)27-20-13-10-9-11-16-22-31(3)5-2/h12,14-15,17-19,24-25,31-34,37-39H,4-11,13,16,20-23,26-30H2,1-3H3/b15-14+,17-12-,24-18+,25-19-/t31?,32-,33-,34-/m1/s1. The van der Waals surface area contributed by atoms with Gasteiger partial charge in [-0.05, 0) is 44.4 Å². The Labute approximate surface area is 262 Å². The van der Waals surface area contributed by atoms with Crippen LogP contribution < -0.4 is 0 Å². The lowest BCUT2D eigenvalue weighted by atomic mass is 10.00. The Balaban J connectivity index is 3.81. The molecule has 0 heterocycles. The third kappa shape index (κ3) is 29.6. The molecule has 7 heteroatoms. The fraction of sp³-hybridized carbons (Fsp3) is 0.722. The highest BCUT2D eigenvalue weighted by Crippen LogP contribution is 2.14. The lowest BCUT2D eigenvalue weighted by Gasteiger charge is -2.12. The molecule has 0 saturated carbocycles. The zero-order valence-electron chi connectivity index (χ0n) is 27.3. The van der Waals surface area contributed by atoms with Gasteiger partial charge in [0.15, 0.2) is 0 Å². The molecule has 1 unspecified atom stereocenters. The number of ether oxygens (including phenoxy) is 2. The Kier molecular flexibility index (Phi) is 28.3. The van der Waals surface area contributed by atoms with Gasteiger partial charge in [-0.3, -0.25) is 9.59 Å². The van der Waals surface area contributed by atoms with Crippen molar-refractivity contribution < 1.29 is 34.4 Å². The van der Waals surface area contributed by atoms with Crippen molar-refractivity contribution in [1.82, 2.24) is 0 Å². The summed E-state index contributed by atoms with van der Waals surface area (Å²) in [5.41, 5.74) is 0. The number of hydrogen-bond acceptors (Lipinski definition) is 7. The van der Waals surface area contributed by atoms with E-state index in [1.54, 1.807) is 36.5 Å². The van der Waals surface area contributed by atoms with Gasteiger partial charge >= 0.3 is 11.9 Å². The van der Waals surface area contributed by atoms with E-state index in [-0.39, 0.29) is 25.6 Å². The predicted octanol–water partition coefficient (Wildman–Crippen LogP) is 7.69. The first-order valence-electron chi connectivity index (χ1n) is 16.8. The number of aliphatic hydroxyl groups excluding tert-OH is 3. The summed E-state index contributed by atoms with van der Waals surface area (Å²) in [4.78, 5) is 23.8. The molecule has 0 aromatic carbocycles. The summed E-state index contributed by atoms with van der Waals surface area (Å²) in [5.74, 6) is 0.00138. The lowest BCUT2D eigenvalue weighted by molar-refractivity contribution is -0.152. The molecule has 0 radical (unpaired) electrons. The van der Waals surface area contributed by atoms with Crippen molar-refractivity contribution in [3.63, 3.8) is 0 Å². The van der Waals surface area contributed by atoms with Gasteiger partial charge < -0.3 is 24.8 Å². The van der Waals surface area contributed by atoms with Gasteiger partial charge in [-0.1, -0.05) is 127 Å². The van der Waals surface area contributed by atoms with Crippen molar-refractivity contribution in [2.45, 2.75) is 148 Å². The van der Waals surface area contributed by atoms with E-state index in [9.17, 15) is 24.9 Å². The van der Waals surface area contributed by atoms with Crippen LogP contribution in [-0.2, 0) is 19.1 Å². The number of aliphatic hydroxyl groups is 3. The Morgan fingerprint density at radius 3 is 1.86 bits per heavy atom. The van der Waals surface area contributed by atoms with E-state index in [0.29, 0.717) is 25.7 Å². The normalized spacial score (nSPS) is 15.0. The van der Waals surface area contributed by atoms with E-state index >= 15 is 0 Å². The molecule has 0 rings (SSSR count). The van der Waals surface area contributed by atoms with E-state index < -0.39 is 24.3 Å². The minimum Gasteiger partial charge on any atom is -0.463 e. The summed E-state index contributed by atoms with van der Waals surface area (Å²) in [6.07, 6.45) is 28.0. The molecular weight excluding hydrogens is 544 g/mol. The van der Waals surface area contributed by atoms with Gasteiger partial charge in [-0.15, -0.1) is 0 Å². The second-order valence-corrected chi connectivity index (χ2v) is 11.6. The number of esters is 2. The summed E-state index contributed by atoms with van der Waals surface area (Å²) in [5, 5.41) is 29.9. The molecule has 0 aromatic heterocycles. The van der Waals surface area contributed by atoms with Crippen molar-refractivity contribution in [2.24, 2.45) is 5.92 Å². The van der Waals surface area contributed by atoms with Crippen LogP contribution in [0.3, 0.4) is 0 Å². The smallest absolute Gasteiger partial charge is 0.305 e. The molecule has 0 aliphatic heterocycles. The molecule has 0 fully saturated rings. The first kappa shape index (κ1) is 40.8. The zero-order valence-corrected chi connectivity index (χ0v) is 27.3. The van der Waals surface area contributed by atoms with E-state index in [4.69, 9.17) is 9.47 Å². The van der Waals surface area contributed by atoms with Gasteiger partial charge in [0.25, 0.3) is 0 Å². The second-order valence-electron chi connectivity index (χ2n) is 11.6. The molecule has 0 spiro atoms. The van der Waals surface area contributed by atoms with Gasteiger partial charge in [0.05, 0.1) is 12.2 Å². The van der Waals surface area contributed by atoms with E-state index in [1.807, 2.05) is 6.08 Å². The van der Waals surface area contributed by atoms with Crippen molar-refractivity contribution in [3.8, 4) is 0 Å². The third-order valence-corrected chi connectivity index (χ3v) is 7.30. The second kappa shape index (κ2) is 29.8. The summed E-state index contributed by atoms with van der Waals surface area (Å²) in [6.45, 7) is 6.29. The molecule has 0 bridgehead atoms. The highest BCUT2D eigenvalue weighted by Gasteiger charge is 2.12. The molecular formula is C36H62O7. The fourth-order valence-electron chi connectivity index (χ4n) is 4.25. The van der Waals surface area contributed by atoms with Crippen LogP contribution in [0.4, 0.5) is 0 Å². The fourth-order valence-corrected chi connectivity index (χ4v) is 4.25. The molecule has 0 aromatic rings. The number of hydrogen-bond donors (Lipinski definition) is 3. The van der Waals surface area contributed by atoms with Crippen LogP contribution >= 0.6 is 0 Å². The van der Waals surface area contributed by atoms with Crippen LogP contribution in [0.25, 0.3) is 0 Å². The zero-order chi connectivity index (χ0) is 32.0. The van der Waals surface area contributed by atoms with Crippen LogP contribution in [0.1, 0.15) is 130 Å². The summed E-state index contributed by atoms with van der Waals surface area (Å²) >= 11 is 0. The van der Waals surface area contributed by atoms with Gasteiger partial charge in [-0.25, -0.2) is 0 Å². The first-order valence-corrected chi connectivity index (χ1v) is 16.8. The largest absolute Gasteiger partial charge is 0.463 e. The van der Waals surface area contributed by atoms with Crippen LogP contribution in [-0.4, -0.2) is 58.8 Å². The summed E-state index contributed by atoms with van der Waals surface area (Å²) in [6, 6.07) is 0. The summed E-state index contributed by atoms with van der Waals surface area (Å²) in [7, 11) is 0. The van der Waals surface area contributed by atoms with E-state index in [0.717, 1.165) is 31.6 Å². The first-order chi connectivity index (χ1) is 20.8. The maximum absolute atomic E-state index is 11.9. The quantitative estimate of drug-likeness (QED) is 0.0362. The topological polar surface area (TPSA) is 113 Å². The average Bonchev–Trinajstić information content (AvgIpc) is 2.99. The molecule has 0 aliphatic rings. The number of unbranched alkanes of at least 4 members (excludes halogenated alkanes) is 8. The Morgan fingerprint density at radius 2 is 1.23 bits per heavy atom. The predicted molar refractivity (Wildman–Crippen MR) is 175 cm³/mol. The highest BCUT2D eigenvalue weighted by molar-refractivity contribution is 5.69. The maximum atomic E-state index is 11.9. The SMILES string of the molecule is CCCCC/C=C\C[C@@H](O)/C=C/C=C/C=C\[C@@H](O)CCCC(=O)OC[C@H](O)COC(=O)CCCCCCCCC(C)CC. The third-order valence-electron chi connectivity index (χ3n) is 7.30. The number of carbonyl (C=O) groups is 2. The number of allylic oxidation sites excluding steroid dienone is 5. The van der Waals surface area contributed by atoms with Gasteiger partial charge in [-0.2, -0.15) is 0 Å². The van der Waals surface area contributed by atoms with Crippen molar-refractivity contribution in [1.29, 1.82) is 0 Å². The molecule has 0 amide bonds. The number of rotatable bonds is 28. The minimum atomic E-state index is -1.05. The van der Waals surface area contributed by atoms with E-state index in [1.165, 1.54) is 51.4 Å². The Morgan fingerprint density at radius 1 is 0.651 bits per heavy atom. The van der Waals surface area contributed by atoms with Crippen LogP contribution in [0.2, 0.25) is 0 Å². The Bertz CT molecular complexity index is 786. The van der Waals surface area contributed by atoms with Crippen LogP contribution in [0.5, 0.6) is 0 Å². The van der Waals surface area contributed by atoms with Crippen molar-refractivity contribution >= 4 is 11.9 Å². The Hall–Kier alpha value is -2.22. The van der Waals surface area contributed by atoms with Crippen LogP contribution in [0, 0.1) is 5.92 Å².